The van der Waals surface area contributed by atoms with Crippen molar-refractivity contribution >= 4 is 11.8 Å². The van der Waals surface area contributed by atoms with Crippen LogP contribution in [0, 0.1) is 11.8 Å². The number of carbonyl (C=O) groups is 2. The van der Waals surface area contributed by atoms with Crippen LogP contribution < -0.4 is 10.1 Å². The number of para-hydroxylation sites is 1. The molecule has 1 saturated heterocycles. The Labute approximate surface area is 156 Å². The van der Waals surface area contributed by atoms with Crippen LogP contribution in [0.3, 0.4) is 0 Å². The third kappa shape index (κ3) is 4.97. The molecule has 1 aromatic rings. The maximum Gasteiger partial charge on any atom is 0.225 e. The van der Waals surface area contributed by atoms with E-state index >= 15 is 0 Å². The highest BCUT2D eigenvalue weighted by Crippen LogP contribution is 2.27. The summed E-state index contributed by atoms with van der Waals surface area (Å²) in [6.07, 6.45) is 0.305. The average Bonchev–Trinajstić information content (AvgIpc) is 2.95. The molecule has 2 atom stereocenters. The molecule has 1 aliphatic rings. The summed E-state index contributed by atoms with van der Waals surface area (Å²) in [7, 11) is 5.61. The molecule has 2 amide bonds. The van der Waals surface area contributed by atoms with Crippen LogP contribution in [0.15, 0.2) is 24.3 Å². The van der Waals surface area contributed by atoms with Gasteiger partial charge in [-0.1, -0.05) is 32.0 Å². The van der Waals surface area contributed by atoms with Crippen LogP contribution in [0.1, 0.15) is 31.9 Å². The first-order valence-corrected chi connectivity index (χ1v) is 9.18. The van der Waals surface area contributed by atoms with Crippen LogP contribution in [0.5, 0.6) is 5.75 Å². The fraction of sp³-hybridized carbons (Fsp3) is 0.600. The number of methoxy groups -OCH3 is 1. The van der Waals surface area contributed by atoms with Crippen molar-refractivity contribution in [2.75, 3.05) is 40.8 Å². The fourth-order valence-corrected chi connectivity index (χ4v) is 3.42. The number of carbonyl (C=O) groups excluding carboxylic acids is 2. The topological polar surface area (TPSA) is 61.9 Å². The predicted octanol–water partition coefficient (Wildman–Crippen LogP) is 1.92. The number of ether oxygens (including phenoxy) is 1. The second-order valence-corrected chi connectivity index (χ2v) is 7.56. The maximum absolute atomic E-state index is 12.6. The number of rotatable bonds is 8. The normalized spacial score (nSPS) is 18.5. The molecule has 0 spiro atoms. The fourth-order valence-electron chi connectivity index (χ4n) is 3.42. The number of nitrogens with one attached hydrogen (secondary N) is 1. The van der Waals surface area contributed by atoms with Crippen molar-refractivity contribution in [1.82, 2.24) is 15.1 Å². The van der Waals surface area contributed by atoms with E-state index in [4.69, 9.17) is 4.74 Å². The lowest BCUT2D eigenvalue weighted by Crippen LogP contribution is -2.39. The van der Waals surface area contributed by atoms with Gasteiger partial charge in [0.2, 0.25) is 11.8 Å². The van der Waals surface area contributed by atoms with E-state index in [1.165, 1.54) is 0 Å². The Hall–Kier alpha value is -2.08. The van der Waals surface area contributed by atoms with Gasteiger partial charge in [0.15, 0.2) is 0 Å². The second-order valence-electron chi connectivity index (χ2n) is 7.56. The smallest absolute Gasteiger partial charge is 0.225 e. The Morgan fingerprint density at radius 3 is 2.65 bits per heavy atom. The van der Waals surface area contributed by atoms with Gasteiger partial charge >= 0.3 is 0 Å². The summed E-state index contributed by atoms with van der Waals surface area (Å²) in [5, 5.41) is 3.04. The maximum atomic E-state index is 12.6. The molecule has 144 valence electrons. The molecule has 1 N–H and O–H groups in total. The molecular formula is C20H31N3O3. The summed E-state index contributed by atoms with van der Waals surface area (Å²) in [6, 6.07) is 7.84. The first-order chi connectivity index (χ1) is 12.3. The molecule has 0 aliphatic carbocycles. The van der Waals surface area contributed by atoms with E-state index in [0.29, 0.717) is 32.0 Å². The lowest BCUT2D eigenvalue weighted by atomic mass is 10.0. The Morgan fingerprint density at radius 2 is 2.04 bits per heavy atom. The van der Waals surface area contributed by atoms with Crippen LogP contribution in [0.2, 0.25) is 0 Å². The van der Waals surface area contributed by atoms with Crippen molar-refractivity contribution in [3.8, 4) is 5.75 Å². The van der Waals surface area contributed by atoms with Gasteiger partial charge in [-0.15, -0.1) is 0 Å². The molecule has 6 nitrogen and oxygen atoms in total. The van der Waals surface area contributed by atoms with Gasteiger partial charge in [0, 0.05) is 31.6 Å². The molecule has 1 fully saturated rings. The first kappa shape index (κ1) is 20.2. The van der Waals surface area contributed by atoms with Crippen LogP contribution in [0.4, 0.5) is 0 Å². The summed E-state index contributed by atoms with van der Waals surface area (Å²) < 4.78 is 5.46. The zero-order chi connectivity index (χ0) is 19.3. The minimum Gasteiger partial charge on any atom is -0.496 e. The van der Waals surface area contributed by atoms with Crippen LogP contribution in [0.25, 0.3) is 0 Å². The largest absolute Gasteiger partial charge is 0.496 e. The minimum absolute atomic E-state index is 0.000952. The molecule has 6 heteroatoms. The van der Waals surface area contributed by atoms with E-state index in [-0.39, 0.29) is 23.8 Å². The zero-order valence-electron chi connectivity index (χ0n) is 16.5. The van der Waals surface area contributed by atoms with Gasteiger partial charge in [0.25, 0.3) is 0 Å². The predicted molar refractivity (Wildman–Crippen MR) is 102 cm³/mol. The molecule has 1 aromatic carbocycles. The highest BCUT2D eigenvalue weighted by atomic mass is 16.5. The monoisotopic (exact) mass is 361 g/mol. The summed E-state index contributed by atoms with van der Waals surface area (Å²) in [6.45, 7) is 5.86. The second kappa shape index (κ2) is 9.03. The number of hydrogen-bond donors (Lipinski definition) is 1. The lowest BCUT2D eigenvalue weighted by Gasteiger charge is -2.27. The highest BCUT2D eigenvalue weighted by molar-refractivity contribution is 5.89. The highest BCUT2D eigenvalue weighted by Gasteiger charge is 2.34. The van der Waals surface area contributed by atoms with Crippen LogP contribution in [-0.4, -0.2) is 62.5 Å². The van der Waals surface area contributed by atoms with Gasteiger partial charge in [-0.2, -0.15) is 0 Å². The van der Waals surface area contributed by atoms with Crippen molar-refractivity contribution in [1.29, 1.82) is 0 Å². The van der Waals surface area contributed by atoms with Crippen LogP contribution >= 0.6 is 0 Å². The molecule has 0 bridgehead atoms. The van der Waals surface area contributed by atoms with E-state index in [0.717, 1.165) is 11.3 Å². The zero-order valence-corrected chi connectivity index (χ0v) is 16.5. The Morgan fingerprint density at radius 1 is 1.35 bits per heavy atom. The molecule has 1 aliphatic heterocycles. The number of likely N-dealkylation sites (N-methyl/N-ethyl adjacent to an activating group) is 1. The minimum atomic E-state index is -0.262. The van der Waals surface area contributed by atoms with E-state index in [1.54, 1.807) is 12.0 Å². The Bertz CT molecular complexity index is 630. The van der Waals surface area contributed by atoms with Gasteiger partial charge in [-0.25, -0.2) is 0 Å². The third-order valence-electron chi connectivity index (χ3n) is 4.76. The lowest BCUT2D eigenvalue weighted by molar-refractivity contribution is -0.129. The van der Waals surface area contributed by atoms with Crippen molar-refractivity contribution in [3.05, 3.63) is 29.8 Å². The number of amides is 2. The van der Waals surface area contributed by atoms with E-state index < -0.39 is 0 Å². The summed E-state index contributed by atoms with van der Waals surface area (Å²) >= 11 is 0. The molecular weight excluding hydrogens is 330 g/mol. The van der Waals surface area contributed by atoms with Crippen molar-refractivity contribution in [2.24, 2.45) is 11.8 Å². The van der Waals surface area contributed by atoms with Gasteiger partial charge in [-0.3, -0.25) is 9.59 Å². The molecule has 0 aromatic heterocycles. The Kier molecular flexibility index (Phi) is 7.03. The number of likely N-dealkylation sites (tertiary alicyclic amines) is 1. The third-order valence-corrected chi connectivity index (χ3v) is 4.76. The molecule has 26 heavy (non-hydrogen) atoms. The van der Waals surface area contributed by atoms with E-state index in [9.17, 15) is 9.59 Å². The summed E-state index contributed by atoms with van der Waals surface area (Å²) in [5.41, 5.74) is 1.03. The summed E-state index contributed by atoms with van der Waals surface area (Å²) in [5.74, 6) is 0.977. The number of nitrogens with zero attached hydrogens (tertiary/aromatic N) is 2. The average molecular weight is 361 g/mol. The molecule has 1 heterocycles. The van der Waals surface area contributed by atoms with E-state index in [1.807, 2.05) is 38.4 Å². The molecule has 0 saturated carbocycles. The van der Waals surface area contributed by atoms with E-state index in [2.05, 4.69) is 24.1 Å². The van der Waals surface area contributed by atoms with Gasteiger partial charge in [-0.05, 0) is 26.1 Å². The van der Waals surface area contributed by atoms with Crippen LogP contribution in [-0.2, 0) is 9.59 Å². The number of hydrogen-bond acceptors (Lipinski definition) is 4. The van der Waals surface area contributed by atoms with Crippen molar-refractivity contribution in [2.45, 2.75) is 26.3 Å². The quantitative estimate of drug-likeness (QED) is 0.768. The van der Waals surface area contributed by atoms with Gasteiger partial charge in [0.05, 0.1) is 19.1 Å². The molecule has 0 unspecified atom stereocenters. The van der Waals surface area contributed by atoms with Gasteiger partial charge < -0.3 is 19.9 Å². The standard InChI is InChI=1S/C20H31N3O3/c1-14(2)12-23-13-15(10-19(23)24)20(25)21-11-17(22(3)4)16-8-6-7-9-18(16)26-5/h6-9,14-15,17H,10-13H2,1-5H3,(H,21,25)/t15-,17-/m1/s1. The number of benzene rings is 1. The van der Waals surface area contributed by atoms with Crippen molar-refractivity contribution in [3.63, 3.8) is 0 Å². The molecule has 0 radical (unpaired) electrons. The SMILES string of the molecule is COc1ccccc1[C@@H](CNC(=O)[C@@H]1CC(=O)N(CC(C)C)C1)N(C)C. The van der Waals surface area contributed by atoms with Gasteiger partial charge in [0.1, 0.15) is 5.75 Å². The Balaban J connectivity index is 1.99. The molecule has 2 rings (SSSR count). The van der Waals surface area contributed by atoms with Crippen molar-refractivity contribution < 1.29 is 14.3 Å². The summed E-state index contributed by atoms with van der Waals surface area (Å²) in [4.78, 5) is 28.6. The first-order valence-electron chi connectivity index (χ1n) is 9.18.